The molecule has 9 heteroatoms. The number of nitrogens with two attached hydrogens (primary N) is 1. The van der Waals surface area contributed by atoms with Gasteiger partial charge in [-0.05, 0) is 25.5 Å². The van der Waals surface area contributed by atoms with E-state index < -0.39 is 17.9 Å². The predicted octanol–water partition coefficient (Wildman–Crippen LogP) is 1.02. The summed E-state index contributed by atoms with van der Waals surface area (Å²) in [6.07, 6.45) is 1.06. The molecule has 2 atom stereocenters. The van der Waals surface area contributed by atoms with E-state index in [9.17, 15) is 4.79 Å². The normalized spacial score (nSPS) is 18.6. The fourth-order valence-corrected chi connectivity index (χ4v) is 3.30. The molecule has 9 nitrogen and oxygen atoms in total. The second-order valence-corrected chi connectivity index (χ2v) is 6.29. The van der Waals surface area contributed by atoms with Crippen molar-refractivity contribution in [2.24, 2.45) is 16.6 Å². The summed E-state index contributed by atoms with van der Waals surface area (Å²) in [5.41, 5.74) is 7.00. The zero-order valence-corrected chi connectivity index (χ0v) is 15.5. The Bertz CT molecular complexity index is 877. The van der Waals surface area contributed by atoms with E-state index in [1.165, 1.54) is 0 Å². The third-order valence-electron chi connectivity index (χ3n) is 4.59. The summed E-state index contributed by atoms with van der Waals surface area (Å²) in [4.78, 5) is 21.1. The fourth-order valence-electron chi connectivity index (χ4n) is 3.30. The lowest BCUT2D eigenvalue weighted by Gasteiger charge is -2.30. The predicted molar refractivity (Wildman–Crippen MR) is 98.6 cm³/mol. The van der Waals surface area contributed by atoms with Gasteiger partial charge < -0.3 is 20.3 Å². The van der Waals surface area contributed by atoms with E-state index in [0.29, 0.717) is 41.8 Å². The van der Waals surface area contributed by atoms with Gasteiger partial charge in [0.25, 0.3) is 0 Å². The number of aliphatic hydroxyl groups is 1. The minimum Gasteiger partial charge on any atom is -0.497 e. The number of methoxy groups -OCH3 is 2. The number of benzene rings is 1. The average molecular weight is 373 g/mol. The van der Waals surface area contributed by atoms with Gasteiger partial charge in [-0.3, -0.25) is 4.79 Å². The van der Waals surface area contributed by atoms with Crippen LogP contribution in [-0.4, -0.2) is 52.3 Å². The number of ether oxygens (including phenoxy) is 2. The van der Waals surface area contributed by atoms with Crippen LogP contribution in [0.15, 0.2) is 23.2 Å². The number of carbonyl (C=O) groups is 1. The molecule has 27 heavy (non-hydrogen) atoms. The molecule has 1 amide bonds. The van der Waals surface area contributed by atoms with Gasteiger partial charge in [-0.25, -0.2) is 9.67 Å². The fraction of sp³-hybridized carbons (Fsp3) is 0.444. The SMILES string of the molecule is COc1ccc(C2C(C(N)=O)C(C)=Nc3nc(CCCO)nn32)c(OC)c1. The Morgan fingerprint density at radius 3 is 2.74 bits per heavy atom. The van der Waals surface area contributed by atoms with Gasteiger partial charge in [0, 0.05) is 30.4 Å². The first kappa shape index (κ1) is 18.8. The van der Waals surface area contributed by atoms with Crippen LogP contribution < -0.4 is 15.2 Å². The number of primary amides is 1. The molecule has 0 radical (unpaired) electrons. The number of carbonyl (C=O) groups excluding carboxylic acids is 1. The minimum atomic E-state index is -0.688. The topological polar surface area (TPSA) is 125 Å². The van der Waals surface area contributed by atoms with Crippen LogP contribution in [0.4, 0.5) is 5.95 Å². The second kappa shape index (κ2) is 7.75. The highest BCUT2D eigenvalue weighted by Crippen LogP contribution is 2.40. The largest absolute Gasteiger partial charge is 0.497 e. The van der Waals surface area contributed by atoms with E-state index in [4.69, 9.17) is 20.3 Å². The van der Waals surface area contributed by atoms with Crippen LogP contribution >= 0.6 is 0 Å². The lowest BCUT2D eigenvalue weighted by atomic mass is 9.87. The third kappa shape index (κ3) is 3.50. The Labute approximate surface area is 156 Å². The summed E-state index contributed by atoms with van der Waals surface area (Å²) in [6.45, 7) is 1.80. The summed E-state index contributed by atoms with van der Waals surface area (Å²) in [5, 5.41) is 13.6. The number of nitrogens with zero attached hydrogens (tertiary/aromatic N) is 4. The van der Waals surface area contributed by atoms with Crippen LogP contribution in [0.3, 0.4) is 0 Å². The van der Waals surface area contributed by atoms with Crippen molar-refractivity contribution in [2.45, 2.75) is 25.8 Å². The van der Waals surface area contributed by atoms with Crippen LogP contribution in [-0.2, 0) is 11.2 Å². The molecule has 2 aromatic rings. The Balaban J connectivity index is 2.15. The number of hydrogen-bond acceptors (Lipinski definition) is 7. The van der Waals surface area contributed by atoms with E-state index in [-0.39, 0.29) is 6.61 Å². The average Bonchev–Trinajstić information content (AvgIpc) is 3.06. The third-order valence-corrected chi connectivity index (χ3v) is 4.59. The molecule has 1 aliphatic rings. The minimum absolute atomic E-state index is 0.0474. The smallest absolute Gasteiger partial charge is 0.248 e. The summed E-state index contributed by atoms with van der Waals surface area (Å²) in [5.74, 6) is 0.955. The van der Waals surface area contributed by atoms with E-state index in [0.717, 1.165) is 5.56 Å². The number of hydrogen-bond donors (Lipinski definition) is 2. The van der Waals surface area contributed by atoms with Crippen molar-refractivity contribution in [1.82, 2.24) is 14.8 Å². The molecule has 0 fully saturated rings. The lowest BCUT2D eigenvalue weighted by molar-refractivity contribution is -0.120. The molecule has 3 N–H and O–H groups in total. The van der Waals surface area contributed by atoms with Gasteiger partial charge in [0.1, 0.15) is 23.5 Å². The zero-order chi connectivity index (χ0) is 19.6. The Kier molecular flexibility index (Phi) is 5.41. The zero-order valence-electron chi connectivity index (χ0n) is 15.5. The first-order chi connectivity index (χ1) is 13.0. The van der Waals surface area contributed by atoms with E-state index in [1.807, 2.05) is 6.07 Å². The van der Waals surface area contributed by atoms with Gasteiger partial charge in [0.2, 0.25) is 11.9 Å². The highest BCUT2D eigenvalue weighted by Gasteiger charge is 2.39. The van der Waals surface area contributed by atoms with E-state index in [1.54, 1.807) is 38.0 Å². The first-order valence-electron chi connectivity index (χ1n) is 8.62. The number of rotatable bonds is 7. The highest BCUT2D eigenvalue weighted by atomic mass is 16.5. The Hall–Kier alpha value is -2.94. The monoisotopic (exact) mass is 373 g/mol. The quantitative estimate of drug-likeness (QED) is 0.746. The van der Waals surface area contributed by atoms with Crippen LogP contribution in [0.5, 0.6) is 11.5 Å². The number of aryl methyl sites for hydroxylation is 1. The maximum Gasteiger partial charge on any atom is 0.248 e. The number of aromatic nitrogens is 3. The summed E-state index contributed by atoms with van der Waals surface area (Å²) in [6, 6.07) is 4.83. The van der Waals surface area contributed by atoms with E-state index in [2.05, 4.69) is 15.1 Å². The van der Waals surface area contributed by atoms with Crippen molar-refractivity contribution in [3.63, 3.8) is 0 Å². The maximum absolute atomic E-state index is 12.2. The van der Waals surface area contributed by atoms with Crippen LogP contribution in [0.2, 0.25) is 0 Å². The van der Waals surface area contributed by atoms with Gasteiger partial charge in [-0.1, -0.05) is 0 Å². The van der Waals surface area contributed by atoms with Gasteiger partial charge in [-0.2, -0.15) is 10.1 Å². The van der Waals surface area contributed by atoms with Crippen LogP contribution in [0.1, 0.15) is 30.8 Å². The summed E-state index contributed by atoms with van der Waals surface area (Å²) in [7, 11) is 3.12. The van der Waals surface area contributed by atoms with Crippen molar-refractivity contribution < 1.29 is 19.4 Å². The molecule has 0 saturated heterocycles. The molecular formula is C18H23N5O4. The van der Waals surface area contributed by atoms with Crippen molar-refractivity contribution in [2.75, 3.05) is 20.8 Å². The Morgan fingerprint density at radius 1 is 1.33 bits per heavy atom. The van der Waals surface area contributed by atoms with Crippen LogP contribution in [0.25, 0.3) is 0 Å². The molecule has 0 bridgehead atoms. The summed E-state index contributed by atoms with van der Waals surface area (Å²) < 4.78 is 12.4. The van der Waals surface area contributed by atoms with Crippen molar-refractivity contribution >= 4 is 17.6 Å². The lowest BCUT2D eigenvalue weighted by Crippen LogP contribution is -2.39. The van der Waals surface area contributed by atoms with Gasteiger partial charge >= 0.3 is 0 Å². The first-order valence-corrected chi connectivity index (χ1v) is 8.62. The van der Waals surface area contributed by atoms with Gasteiger partial charge in [0.05, 0.1) is 14.2 Å². The molecule has 0 aliphatic carbocycles. The van der Waals surface area contributed by atoms with Gasteiger partial charge in [0.15, 0.2) is 5.82 Å². The molecule has 1 aliphatic heterocycles. The number of amides is 1. The second-order valence-electron chi connectivity index (χ2n) is 6.29. The number of fused-ring (bicyclic) bond motifs is 1. The number of aliphatic hydroxyl groups excluding tert-OH is 1. The number of aliphatic imine (C=N–C) groups is 1. The van der Waals surface area contributed by atoms with Crippen molar-refractivity contribution in [3.05, 3.63) is 29.6 Å². The highest BCUT2D eigenvalue weighted by molar-refractivity contribution is 6.04. The Morgan fingerprint density at radius 2 is 2.11 bits per heavy atom. The van der Waals surface area contributed by atoms with Crippen molar-refractivity contribution in [1.29, 1.82) is 0 Å². The molecule has 0 saturated carbocycles. The molecular weight excluding hydrogens is 350 g/mol. The maximum atomic E-state index is 12.2. The van der Waals surface area contributed by atoms with Gasteiger partial charge in [-0.15, -0.1) is 0 Å². The molecule has 2 heterocycles. The molecule has 1 aromatic heterocycles. The molecule has 3 rings (SSSR count). The molecule has 2 unspecified atom stereocenters. The molecule has 0 spiro atoms. The summed E-state index contributed by atoms with van der Waals surface area (Å²) >= 11 is 0. The molecule has 1 aromatic carbocycles. The van der Waals surface area contributed by atoms with E-state index >= 15 is 0 Å². The standard InChI is InChI=1S/C18H23N5O4/c1-10-15(17(19)25)16(12-7-6-11(26-2)9-13(12)27-3)23-18(20-10)21-14(22-23)5-4-8-24/h6-7,9,15-16,24H,4-5,8H2,1-3H3,(H2,19,25). The molecule has 144 valence electrons. The van der Waals surface area contributed by atoms with Crippen LogP contribution in [0, 0.1) is 5.92 Å². The van der Waals surface area contributed by atoms with Crippen molar-refractivity contribution in [3.8, 4) is 11.5 Å².